The number of hydrogen-bond donors (Lipinski definition) is 2. The molecule has 1 aliphatic carbocycles. The lowest BCUT2D eigenvalue weighted by Gasteiger charge is -2.40. The van der Waals surface area contributed by atoms with Gasteiger partial charge in [-0.1, -0.05) is 19.8 Å². The third-order valence-electron chi connectivity index (χ3n) is 4.09. The van der Waals surface area contributed by atoms with Crippen LogP contribution in [0.4, 0.5) is 23.2 Å². The lowest BCUT2D eigenvalue weighted by Crippen LogP contribution is -2.46. The van der Waals surface area contributed by atoms with Gasteiger partial charge in [0.25, 0.3) is 0 Å². The van der Waals surface area contributed by atoms with Crippen LogP contribution in [-0.2, 0) is 6.18 Å². The summed E-state index contributed by atoms with van der Waals surface area (Å²) in [6, 6.07) is 2.43. The van der Waals surface area contributed by atoms with Crippen LogP contribution in [0.1, 0.15) is 38.2 Å². The maximum absolute atomic E-state index is 13.9. The first-order chi connectivity index (χ1) is 9.76. The molecule has 1 aromatic carbocycles. The van der Waals surface area contributed by atoms with Gasteiger partial charge in [0.1, 0.15) is 5.82 Å². The van der Waals surface area contributed by atoms with Gasteiger partial charge in [-0.2, -0.15) is 13.2 Å². The number of alkyl halides is 3. The maximum atomic E-state index is 13.9. The van der Waals surface area contributed by atoms with Gasteiger partial charge in [-0.3, -0.25) is 0 Å². The Morgan fingerprint density at radius 3 is 2.62 bits per heavy atom. The van der Waals surface area contributed by atoms with Crippen molar-refractivity contribution in [2.75, 3.05) is 11.9 Å². The molecule has 1 fully saturated rings. The van der Waals surface area contributed by atoms with Crippen molar-refractivity contribution >= 4 is 5.69 Å². The summed E-state index contributed by atoms with van der Waals surface area (Å²) in [5, 5.41) is 12.6. The van der Waals surface area contributed by atoms with E-state index in [0.717, 1.165) is 25.0 Å². The van der Waals surface area contributed by atoms with Crippen molar-refractivity contribution in [3.63, 3.8) is 0 Å². The summed E-state index contributed by atoms with van der Waals surface area (Å²) in [6.45, 7) is 1.88. The Labute approximate surface area is 121 Å². The second-order valence-corrected chi connectivity index (χ2v) is 5.96. The molecule has 0 radical (unpaired) electrons. The van der Waals surface area contributed by atoms with E-state index in [1.54, 1.807) is 0 Å². The first-order valence-corrected chi connectivity index (χ1v) is 7.01. The molecule has 1 aromatic rings. The number of halogens is 4. The highest BCUT2D eigenvalue weighted by Gasteiger charge is 2.36. The highest BCUT2D eigenvalue weighted by molar-refractivity contribution is 5.49. The van der Waals surface area contributed by atoms with Crippen molar-refractivity contribution < 1.29 is 22.7 Å². The minimum Gasteiger partial charge on any atom is -0.394 e. The highest BCUT2D eigenvalue weighted by Crippen LogP contribution is 2.37. The molecule has 2 unspecified atom stereocenters. The third-order valence-corrected chi connectivity index (χ3v) is 4.09. The molecule has 1 aliphatic rings. The monoisotopic (exact) mass is 305 g/mol. The van der Waals surface area contributed by atoms with E-state index < -0.39 is 23.1 Å². The highest BCUT2D eigenvalue weighted by atomic mass is 19.4. The van der Waals surface area contributed by atoms with E-state index in [1.165, 1.54) is 0 Å². The quantitative estimate of drug-likeness (QED) is 0.820. The summed E-state index contributed by atoms with van der Waals surface area (Å²) in [4.78, 5) is 0. The zero-order valence-corrected chi connectivity index (χ0v) is 11.8. The van der Waals surface area contributed by atoms with E-state index in [-0.39, 0.29) is 12.3 Å². The predicted octanol–water partition coefficient (Wildman–Crippen LogP) is 4.20. The predicted molar refractivity (Wildman–Crippen MR) is 72.5 cm³/mol. The number of rotatable bonds is 3. The molecule has 6 heteroatoms. The van der Waals surface area contributed by atoms with E-state index in [4.69, 9.17) is 0 Å². The summed E-state index contributed by atoms with van der Waals surface area (Å²) in [5.74, 6) is -0.563. The molecule has 0 amide bonds. The van der Waals surface area contributed by atoms with Gasteiger partial charge in [-0.15, -0.1) is 0 Å². The summed E-state index contributed by atoms with van der Waals surface area (Å²) in [6.07, 6.45) is -1.28. The van der Waals surface area contributed by atoms with Crippen LogP contribution in [0.3, 0.4) is 0 Å². The maximum Gasteiger partial charge on any atom is 0.416 e. The smallest absolute Gasteiger partial charge is 0.394 e. The fourth-order valence-corrected chi connectivity index (χ4v) is 3.04. The largest absolute Gasteiger partial charge is 0.416 e. The van der Waals surface area contributed by atoms with Crippen LogP contribution in [0.15, 0.2) is 18.2 Å². The average molecular weight is 305 g/mol. The Kier molecular flexibility index (Phi) is 4.46. The number of aliphatic hydroxyl groups excluding tert-OH is 1. The minimum atomic E-state index is -4.56. The molecule has 0 aliphatic heterocycles. The standard InChI is InChI=1S/C15H19F4NO/c1-10-3-2-6-14(8-10,9-21)20-13-5-4-11(7-12(13)16)15(17,18)19/h4-5,7,10,20-21H,2-3,6,8-9H2,1H3. The molecule has 21 heavy (non-hydrogen) atoms. The zero-order chi connectivity index (χ0) is 15.7. The van der Waals surface area contributed by atoms with Gasteiger partial charge < -0.3 is 10.4 Å². The fraction of sp³-hybridized carbons (Fsp3) is 0.600. The van der Waals surface area contributed by atoms with E-state index >= 15 is 0 Å². The normalized spacial score (nSPS) is 26.7. The van der Waals surface area contributed by atoms with Gasteiger partial charge in [0, 0.05) is 0 Å². The van der Waals surface area contributed by atoms with Crippen molar-refractivity contribution in [3.8, 4) is 0 Å². The SMILES string of the molecule is CC1CCCC(CO)(Nc2ccc(C(F)(F)F)cc2F)C1. The molecule has 2 rings (SSSR count). The van der Waals surface area contributed by atoms with Crippen LogP contribution >= 0.6 is 0 Å². The number of anilines is 1. The van der Waals surface area contributed by atoms with Crippen LogP contribution in [0.25, 0.3) is 0 Å². The average Bonchev–Trinajstić information content (AvgIpc) is 2.40. The fourth-order valence-electron chi connectivity index (χ4n) is 3.04. The molecular formula is C15H19F4NO. The molecule has 0 heterocycles. The van der Waals surface area contributed by atoms with Crippen molar-refractivity contribution in [1.29, 1.82) is 0 Å². The minimum absolute atomic E-state index is 0.00569. The number of nitrogens with one attached hydrogen (secondary N) is 1. The number of benzene rings is 1. The van der Waals surface area contributed by atoms with Crippen LogP contribution in [0.2, 0.25) is 0 Å². The molecule has 2 N–H and O–H groups in total. The summed E-state index contributed by atoms with van der Waals surface area (Å²) >= 11 is 0. The van der Waals surface area contributed by atoms with Gasteiger partial charge in [0.2, 0.25) is 0 Å². The first kappa shape index (κ1) is 16.1. The second kappa shape index (κ2) is 5.83. The van der Waals surface area contributed by atoms with E-state index in [1.807, 2.05) is 6.92 Å². The second-order valence-electron chi connectivity index (χ2n) is 5.96. The topological polar surface area (TPSA) is 32.3 Å². The van der Waals surface area contributed by atoms with Crippen LogP contribution in [0, 0.1) is 11.7 Å². The Hall–Kier alpha value is -1.30. The van der Waals surface area contributed by atoms with Gasteiger partial charge in [0.15, 0.2) is 0 Å². The number of hydrogen-bond acceptors (Lipinski definition) is 2. The van der Waals surface area contributed by atoms with Gasteiger partial charge in [-0.05, 0) is 37.0 Å². The molecule has 1 saturated carbocycles. The lowest BCUT2D eigenvalue weighted by molar-refractivity contribution is -0.137. The number of aliphatic hydroxyl groups is 1. The Bertz CT molecular complexity index is 503. The van der Waals surface area contributed by atoms with Crippen molar-refractivity contribution in [1.82, 2.24) is 0 Å². The zero-order valence-electron chi connectivity index (χ0n) is 11.8. The van der Waals surface area contributed by atoms with Gasteiger partial charge in [0.05, 0.1) is 23.4 Å². The molecule has 0 spiro atoms. The molecule has 2 atom stereocenters. The Morgan fingerprint density at radius 1 is 1.38 bits per heavy atom. The summed E-state index contributed by atoms with van der Waals surface area (Å²) in [7, 11) is 0. The van der Waals surface area contributed by atoms with E-state index in [2.05, 4.69) is 5.32 Å². The van der Waals surface area contributed by atoms with Crippen molar-refractivity contribution in [2.45, 2.75) is 44.3 Å². The van der Waals surface area contributed by atoms with Gasteiger partial charge in [-0.25, -0.2) is 4.39 Å². The third kappa shape index (κ3) is 3.67. The summed E-state index contributed by atoms with van der Waals surface area (Å²) in [5.41, 5.74) is -1.66. The lowest BCUT2D eigenvalue weighted by atomic mass is 9.76. The first-order valence-electron chi connectivity index (χ1n) is 7.01. The van der Waals surface area contributed by atoms with Gasteiger partial charge >= 0.3 is 6.18 Å². The van der Waals surface area contributed by atoms with Crippen LogP contribution in [-0.4, -0.2) is 17.3 Å². The summed E-state index contributed by atoms with van der Waals surface area (Å²) < 4.78 is 51.5. The molecular weight excluding hydrogens is 286 g/mol. The molecule has 0 saturated heterocycles. The van der Waals surface area contributed by atoms with E-state index in [9.17, 15) is 22.7 Å². The van der Waals surface area contributed by atoms with Crippen LogP contribution in [0.5, 0.6) is 0 Å². The van der Waals surface area contributed by atoms with E-state index in [0.29, 0.717) is 24.8 Å². The van der Waals surface area contributed by atoms with Crippen molar-refractivity contribution in [3.05, 3.63) is 29.6 Å². The molecule has 2 nitrogen and oxygen atoms in total. The van der Waals surface area contributed by atoms with Crippen molar-refractivity contribution in [2.24, 2.45) is 5.92 Å². The molecule has 118 valence electrons. The Balaban J connectivity index is 2.22. The Morgan fingerprint density at radius 2 is 2.10 bits per heavy atom. The molecule has 0 aromatic heterocycles. The molecule has 0 bridgehead atoms. The van der Waals surface area contributed by atoms with Crippen LogP contribution < -0.4 is 5.32 Å².